The molecule has 16 heavy (non-hydrogen) atoms. The Morgan fingerprint density at radius 2 is 1.62 bits per heavy atom. The Kier molecular flexibility index (Phi) is 3.91. The Balaban J connectivity index is 2.21. The summed E-state index contributed by atoms with van der Waals surface area (Å²) in [5.74, 6) is 0. The Morgan fingerprint density at radius 1 is 0.938 bits per heavy atom. The first-order valence-corrected chi connectivity index (χ1v) is 6.29. The zero-order valence-corrected chi connectivity index (χ0v) is 10.3. The van der Waals surface area contributed by atoms with Crippen LogP contribution in [-0.4, -0.2) is 16.6 Å². The fourth-order valence-corrected chi connectivity index (χ4v) is 2.77. The average Bonchev–Trinajstić information content (AvgIpc) is 2.33. The van der Waals surface area contributed by atoms with Crippen LogP contribution >= 0.6 is 0 Å². The third-order valence-corrected chi connectivity index (χ3v) is 3.75. The van der Waals surface area contributed by atoms with Gasteiger partial charge >= 0.3 is 0 Å². The van der Waals surface area contributed by atoms with Crippen LogP contribution in [0.2, 0.25) is 0 Å². The van der Waals surface area contributed by atoms with Crippen molar-refractivity contribution < 1.29 is 4.74 Å². The third-order valence-electron chi connectivity index (χ3n) is 2.37. The molecule has 0 aliphatic heterocycles. The Bertz CT molecular complexity index is 439. The molecule has 0 saturated heterocycles. The first-order chi connectivity index (χ1) is 7.90. The second kappa shape index (κ2) is 5.63. The zero-order chi connectivity index (χ0) is 11.2. The Labute approximate surface area is 98.9 Å². The molecule has 0 aliphatic carbocycles. The van der Waals surface area contributed by atoms with E-state index in [2.05, 4.69) is 54.6 Å². The molecule has 0 unspecified atom stereocenters. The van der Waals surface area contributed by atoms with E-state index in [4.69, 9.17) is 4.74 Å². The Hall–Kier alpha value is -1.38. The molecule has 80 valence electrons. The average molecular weight is 226 g/mol. The second-order valence-corrected chi connectivity index (χ2v) is 4.95. The lowest BCUT2D eigenvalue weighted by atomic mass is 10.2. The smallest absolute Gasteiger partial charge is 0.122 e. The predicted molar refractivity (Wildman–Crippen MR) is 68.6 cm³/mol. The van der Waals surface area contributed by atoms with Gasteiger partial charge in [-0.2, -0.15) is 0 Å². The van der Waals surface area contributed by atoms with E-state index in [0.717, 1.165) is 0 Å². The number of hydrogen-bond donors (Lipinski definition) is 0. The van der Waals surface area contributed by atoms with Crippen molar-refractivity contribution in [1.82, 2.24) is 0 Å². The van der Waals surface area contributed by atoms with Gasteiger partial charge in [0.2, 0.25) is 0 Å². The van der Waals surface area contributed by atoms with Gasteiger partial charge in [0.05, 0.1) is 6.61 Å². The molecule has 2 rings (SSSR count). The van der Waals surface area contributed by atoms with Crippen LogP contribution in [0.25, 0.3) is 0 Å². The topological polar surface area (TPSA) is 9.23 Å². The van der Waals surface area contributed by atoms with Crippen LogP contribution in [-0.2, 0) is 11.3 Å². The SMILES string of the molecule is COCc1ccccc1[Si]c1ccccc1. The molecule has 2 radical (unpaired) electrons. The maximum absolute atomic E-state index is 5.21. The van der Waals surface area contributed by atoms with Crippen molar-refractivity contribution in [3.8, 4) is 0 Å². The van der Waals surface area contributed by atoms with Gasteiger partial charge in [-0.25, -0.2) is 0 Å². The van der Waals surface area contributed by atoms with Crippen LogP contribution in [0, 0.1) is 0 Å². The molecule has 0 spiro atoms. The first kappa shape index (κ1) is 11.1. The van der Waals surface area contributed by atoms with Crippen molar-refractivity contribution in [2.75, 3.05) is 7.11 Å². The molecule has 0 saturated carbocycles. The van der Waals surface area contributed by atoms with Crippen LogP contribution in [0.3, 0.4) is 0 Å². The molecule has 0 aromatic heterocycles. The molecule has 2 heteroatoms. The van der Waals surface area contributed by atoms with Gasteiger partial charge in [0.25, 0.3) is 0 Å². The summed E-state index contributed by atoms with van der Waals surface area (Å²) in [5.41, 5.74) is 1.28. The highest BCUT2D eigenvalue weighted by atomic mass is 28.2. The highest BCUT2D eigenvalue weighted by Crippen LogP contribution is 1.97. The lowest BCUT2D eigenvalue weighted by molar-refractivity contribution is 0.185. The molecular weight excluding hydrogens is 212 g/mol. The predicted octanol–water partition coefficient (Wildman–Crippen LogP) is 1.49. The van der Waals surface area contributed by atoms with E-state index in [1.165, 1.54) is 15.9 Å². The lowest BCUT2D eigenvalue weighted by Gasteiger charge is -2.07. The third kappa shape index (κ3) is 2.81. The van der Waals surface area contributed by atoms with Crippen LogP contribution < -0.4 is 10.4 Å². The summed E-state index contributed by atoms with van der Waals surface area (Å²) in [5, 5.41) is 2.74. The molecule has 0 N–H and O–H groups in total. The minimum atomic E-state index is 0.690. The zero-order valence-electron chi connectivity index (χ0n) is 9.31. The highest BCUT2D eigenvalue weighted by Gasteiger charge is 2.03. The van der Waals surface area contributed by atoms with Gasteiger partial charge in [0.15, 0.2) is 0 Å². The maximum atomic E-state index is 5.21. The normalized spacial score (nSPS) is 10.3. The van der Waals surface area contributed by atoms with Crippen molar-refractivity contribution in [3.63, 3.8) is 0 Å². The van der Waals surface area contributed by atoms with Gasteiger partial charge < -0.3 is 4.74 Å². The molecular formula is C14H14OSi. The quantitative estimate of drug-likeness (QED) is 0.718. The number of benzene rings is 2. The molecule has 0 atom stereocenters. The molecule has 0 fully saturated rings. The largest absolute Gasteiger partial charge is 0.380 e. The van der Waals surface area contributed by atoms with Gasteiger partial charge in [-0.05, 0) is 5.56 Å². The standard InChI is InChI=1S/C14H14OSi/c1-15-11-12-7-5-6-10-14(12)16-13-8-3-2-4-9-13/h2-10H,11H2,1H3. The number of hydrogen-bond acceptors (Lipinski definition) is 1. The molecule has 1 nitrogen and oxygen atoms in total. The summed E-state index contributed by atoms with van der Waals surface area (Å²) >= 11 is 0. The first-order valence-electron chi connectivity index (χ1n) is 5.29. The monoisotopic (exact) mass is 226 g/mol. The van der Waals surface area contributed by atoms with E-state index in [-0.39, 0.29) is 0 Å². The van der Waals surface area contributed by atoms with Gasteiger partial charge in [-0.1, -0.05) is 65.0 Å². The summed E-state index contributed by atoms with van der Waals surface area (Å²) in [6.45, 7) is 0.690. The molecule has 0 aliphatic rings. The highest BCUT2D eigenvalue weighted by molar-refractivity contribution is 6.67. The molecule has 2 aromatic rings. The van der Waals surface area contributed by atoms with Crippen molar-refractivity contribution in [1.29, 1.82) is 0 Å². The van der Waals surface area contributed by atoms with Crippen LogP contribution in [0.1, 0.15) is 5.56 Å². The fraction of sp³-hybridized carbons (Fsp3) is 0.143. The van der Waals surface area contributed by atoms with E-state index in [9.17, 15) is 0 Å². The van der Waals surface area contributed by atoms with Gasteiger partial charge in [-0.3, -0.25) is 0 Å². The summed E-state index contributed by atoms with van der Waals surface area (Å²) in [6, 6.07) is 19.0. The minimum Gasteiger partial charge on any atom is -0.380 e. The van der Waals surface area contributed by atoms with Crippen LogP contribution in [0.5, 0.6) is 0 Å². The van der Waals surface area contributed by atoms with E-state index < -0.39 is 0 Å². The molecule has 0 bridgehead atoms. The van der Waals surface area contributed by atoms with Gasteiger partial charge in [-0.15, -0.1) is 0 Å². The number of methoxy groups -OCH3 is 1. The summed E-state index contributed by atoms with van der Waals surface area (Å²) in [6.07, 6.45) is 0. The number of ether oxygens (including phenoxy) is 1. The van der Waals surface area contributed by atoms with E-state index in [1.807, 2.05) is 0 Å². The summed E-state index contributed by atoms with van der Waals surface area (Å²) in [4.78, 5) is 0. The van der Waals surface area contributed by atoms with Crippen LogP contribution in [0.15, 0.2) is 54.6 Å². The number of rotatable bonds is 4. The van der Waals surface area contributed by atoms with Crippen molar-refractivity contribution in [2.24, 2.45) is 0 Å². The fourth-order valence-electron chi connectivity index (χ4n) is 1.60. The summed E-state index contributed by atoms with van der Waals surface area (Å²) in [7, 11) is 2.44. The Morgan fingerprint density at radius 3 is 2.38 bits per heavy atom. The van der Waals surface area contributed by atoms with E-state index >= 15 is 0 Å². The van der Waals surface area contributed by atoms with Crippen molar-refractivity contribution in [3.05, 3.63) is 60.2 Å². The van der Waals surface area contributed by atoms with Crippen molar-refractivity contribution >= 4 is 19.9 Å². The van der Waals surface area contributed by atoms with Gasteiger partial charge in [0.1, 0.15) is 9.52 Å². The lowest BCUT2D eigenvalue weighted by Crippen LogP contribution is -2.29. The molecule has 0 amide bonds. The maximum Gasteiger partial charge on any atom is 0.122 e. The summed E-state index contributed by atoms with van der Waals surface area (Å²) < 4.78 is 5.21. The van der Waals surface area contributed by atoms with Crippen molar-refractivity contribution in [2.45, 2.75) is 6.61 Å². The molecule has 0 heterocycles. The molecule has 2 aromatic carbocycles. The van der Waals surface area contributed by atoms with Crippen LogP contribution in [0.4, 0.5) is 0 Å². The van der Waals surface area contributed by atoms with E-state index in [1.54, 1.807) is 7.11 Å². The minimum absolute atomic E-state index is 0.690. The second-order valence-electron chi connectivity index (χ2n) is 3.58. The van der Waals surface area contributed by atoms with E-state index in [0.29, 0.717) is 16.1 Å². The van der Waals surface area contributed by atoms with Gasteiger partial charge in [0, 0.05) is 7.11 Å².